The number of anilines is 1. The molecule has 1 atom stereocenters. The molecule has 27 heavy (non-hydrogen) atoms. The van der Waals surface area contributed by atoms with Crippen LogP contribution in [0.15, 0.2) is 48.5 Å². The van der Waals surface area contributed by atoms with E-state index in [1.54, 1.807) is 49.5 Å². The molecule has 0 aliphatic carbocycles. The van der Waals surface area contributed by atoms with Gasteiger partial charge in [-0.05, 0) is 36.4 Å². The minimum Gasteiger partial charge on any atom is -0.497 e. The largest absolute Gasteiger partial charge is 0.497 e. The minimum atomic E-state index is -0.267. The van der Waals surface area contributed by atoms with Gasteiger partial charge in [-0.3, -0.25) is 9.59 Å². The van der Waals surface area contributed by atoms with E-state index in [0.29, 0.717) is 23.8 Å². The molecule has 1 heterocycles. The van der Waals surface area contributed by atoms with Crippen LogP contribution < -0.4 is 24.4 Å². The summed E-state index contributed by atoms with van der Waals surface area (Å²) in [5.74, 6) is 1.67. The molecule has 0 radical (unpaired) electrons. The van der Waals surface area contributed by atoms with Crippen LogP contribution in [0.25, 0.3) is 0 Å². The second kappa shape index (κ2) is 8.44. The van der Waals surface area contributed by atoms with Crippen molar-refractivity contribution in [2.45, 2.75) is 12.5 Å². The molecule has 142 valence electrons. The molecule has 1 aliphatic heterocycles. The molecule has 1 saturated heterocycles. The fourth-order valence-corrected chi connectivity index (χ4v) is 2.92. The molecule has 3 rings (SSSR count). The van der Waals surface area contributed by atoms with Gasteiger partial charge in [-0.2, -0.15) is 0 Å². The Labute approximate surface area is 157 Å². The number of methoxy groups -OCH3 is 2. The van der Waals surface area contributed by atoms with Gasteiger partial charge in [0.1, 0.15) is 17.2 Å². The van der Waals surface area contributed by atoms with Crippen LogP contribution in [0.5, 0.6) is 17.2 Å². The Balaban J connectivity index is 1.51. The molecule has 1 aliphatic rings. The lowest BCUT2D eigenvalue weighted by Gasteiger charge is -2.18. The third-order valence-electron chi connectivity index (χ3n) is 4.28. The SMILES string of the molecule is COc1ccc(OCC(=O)N[C@H]2CC(=O)N(c3cccc(OC)c3)C2)cc1. The summed E-state index contributed by atoms with van der Waals surface area (Å²) in [4.78, 5) is 26.1. The van der Waals surface area contributed by atoms with Crippen molar-refractivity contribution >= 4 is 17.5 Å². The number of carbonyl (C=O) groups excluding carboxylic acids is 2. The quantitative estimate of drug-likeness (QED) is 0.807. The zero-order valence-electron chi connectivity index (χ0n) is 15.3. The highest BCUT2D eigenvalue weighted by Crippen LogP contribution is 2.25. The Bertz CT molecular complexity index is 806. The fraction of sp³-hybridized carbons (Fsp3) is 0.300. The maximum atomic E-state index is 12.3. The normalized spacial score (nSPS) is 16.1. The lowest BCUT2D eigenvalue weighted by atomic mass is 10.2. The zero-order chi connectivity index (χ0) is 19.2. The highest BCUT2D eigenvalue weighted by Gasteiger charge is 2.31. The molecule has 0 spiro atoms. The van der Waals surface area contributed by atoms with Gasteiger partial charge in [0.2, 0.25) is 5.91 Å². The molecule has 0 saturated carbocycles. The van der Waals surface area contributed by atoms with Crippen molar-refractivity contribution in [3.8, 4) is 17.2 Å². The van der Waals surface area contributed by atoms with Crippen molar-refractivity contribution in [3.63, 3.8) is 0 Å². The maximum absolute atomic E-state index is 12.3. The fourth-order valence-electron chi connectivity index (χ4n) is 2.92. The summed E-state index contributed by atoms with van der Waals surface area (Å²) in [7, 11) is 3.16. The average molecular weight is 370 g/mol. The lowest BCUT2D eigenvalue weighted by Crippen LogP contribution is -2.39. The van der Waals surface area contributed by atoms with Gasteiger partial charge in [0.25, 0.3) is 5.91 Å². The molecule has 2 amide bonds. The number of rotatable bonds is 7. The first-order chi connectivity index (χ1) is 13.1. The van der Waals surface area contributed by atoms with Crippen LogP contribution in [0.3, 0.4) is 0 Å². The van der Waals surface area contributed by atoms with Crippen molar-refractivity contribution in [1.29, 1.82) is 0 Å². The molecule has 0 unspecified atom stereocenters. The molecule has 7 nitrogen and oxygen atoms in total. The summed E-state index contributed by atoms with van der Waals surface area (Å²) in [6.45, 7) is 0.302. The van der Waals surface area contributed by atoms with E-state index in [4.69, 9.17) is 14.2 Å². The summed E-state index contributed by atoms with van der Waals surface area (Å²) < 4.78 is 15.7. The van der Waals surface area contributed by atoms with Crippen LogP contribution in [-0.4, -0.2) is 45.2 Å². The number of ether oxygens (including phenoxy) is 3. The van der Waals surface area contributed by atoms with Gasteiger partial charge in [-0.15, -0.1) is 0 Å². The van der Waals surface area contributed by atoms with E-state index in [0.717, 1.165) is 5.69 Å². The van der Waals surface area contributed by atoms with E-state index in [1.807, 2.05) is 18.2 Å². The van der Waals surface area contributed by atoms with Crippen molar-refractivity contribution in [1.82, 2.24) is 5.32 Å². The number of nitrogens with zero attached hydrogens (tertiary/aromatic N) is 1. The lowest BCUT2D eigenvalue weighted by molar-refractivity contribution is -0.123. The summed E-state index contributed by atoms with van der Waals surface area (Å²) in [5, 5.41) is 2.85. The van der Waals surface area contributed by atoms with E-state index in [1.165, 1.54) is 0 Å². The number of amides is 2. The summed E-state index contributed by atoms with van der Waals surface area (Å²) >= 11 is 0. The second-order valence-corrected chi connectivity index (χ2v) is 6.14. The van der Waals surface area contributed by atoms with Crippen molar-refractivity contribution < 1.29 is 23.8 Å². The van der Waals surface area contributed by atoms with Crippen LogP contribution in [-0.2, 0) is 9.59 Å². The topological polar surface area (TPSA) is 77.1 Å². The number of nitrogens with one attached hydrogen (secondary N) is 1. The van der Waals surface area contributed by atoms with Gasteiger partial charge in [0.05, 0.1) is 20.3 Å². The molecule has 0 aromatic heterocycles. The van der Waals surface area contributed by atoms with Gasteiger partial charge >= 0.3 is 0 Å². The number of hydrogen-bond acceptors (Lipinski definition) is 5. The van der Waals surface area contributed by atoms with Crippen molar-refractivity contribution in [2.24, 2.45) is 0 Å². The van der Waals surface area contributed by atoms with Crippen LogP contribution in [0, 0.1) is 0 Å². The third kappa shape index (κ3) is 4.69. The Hall–Kier alpha value is -3.22. The molecule has 0 bridgehead atoms. The highest BCUT2D eigenvalue weighted by atomic mass is 16.5. The highest BCUT2D eigenvalue weighted by molar-refractivity contribution is 5.97. The van der Waals surface area contributed by atoms with Crippen molar-refractivity contribution in [2.75, 3.05) is 32.3 Å². The van der Waals surface area contributed by atoms with Crippen LogP contribution >= 0.6 is 0 Å². The number of benzene rings is 2. The standard InChI is InChI=1S/C20H22N2O5/c1-25-16-6-8-17(9-7-16)27-13-19(23)21-14-10-20(24)22(12-14)15-4-3-5-18(11-15)26-2/h3-9,11,14H,10,12-13H2,1-2H3,(H,21,23)/t14-/m0/s1. The van der Waals surface area contributed by atoms with Crippen LogP contribution in [0.4, 0.5) is 5.69 Å². The summed E-state index contributed by atoms with van der Waals surface area (Å²) in [6.07, 6.45) is 0.255. The van der Waals surface area contributed by atoms with E-state index < -0.39 is 0 Å². The predicted molar refractivity (Wildman–Crippen MR) is 100 cm³/mol. The van der Waals surface area contributed by atoms with Gasteiger partial charge < -0.3 is 24.4 Å². The Morgan fingerprint density at radius 3 is 2.48 bits per heavy atom. The summed E-state index contributed by atoms with van der Waals surface area (Å²) in [6, 6.07) is 14.0. The van der Waals surface area contributed by atoms with Gasteiger partial charge in [0.15, 0.2) is 6.61 Å². The molecular weight excluding hydrogens is 348 g/mol. The van der Waals surface area contributed by atoms with E-state index >= 15 is 0 Å². The second-order valence-electron chi connectivity index (χ2n) is 6.14. The molecule has 2 aromatic carbocycles. The predicted octanol–water partition coefficient (Wildman–Crippen LogP) is 2.00. The molecule has 7 heteroatoms. The monoisotopic (exact) mass is 370 g/mol. The molecule has 2 aromatic rings. The van der Waals surface area contributed by atoms with Crippen LogP contribution in [0.2, 0.25) is 0 Å². The molecule has 1 N–H and O–H groups in total. The van der Waals surface area contributed by atoms with Crippen LogP contribution in [0.1, 0.15) is 6.42 Å². The number of hydrogen-bond donors (Lipinski definition) is 1. The van der Waals surface area contributed by atoms with E-state index in [2.05, 4.69) is 5.32 Å². The Morgan fingerprint density at radius 1 is 1.07 bits per heavy atom. The van der Waals surface area contributed by atoms with Gasteiger partial charge in [0, 0.05) is 24.7 Å². The smallest absolute Gasteiger partial charge is 0.258 e. The zero-order valence-corrected chi connectivity index (χ0v) is 15.3. The maximum Gasteiger partial charge on any atom is 0.258 e. The first-order valence-corrected chi connectivity index (χ1v) is 8.59. The Morgan fingerprint density at radius 2 is 1.78 bits per heavy atom. The van der Waals surface area contributed by atoms with Gasteiger partial charge in [-0.1, -0.05) is 6.07 Å². The average Bonchev–Trinajstić information content (AvgIpc) is 3.06. The first kappa shape index (κ1) is 18.6. The number of carbonyl (C=O) groups is 2. The van der Waals surface area contributed by atoms with Crippen molar-refractivity contribution in [3.05, 3.63) is 48.5 Å². The summed E-state index contributed by atoms with van der Waals surface area (Å²) in [5.41, 5.74) is 0.755. The van der Waals surface area contributed by atoms with E-state index in [-0.39, 0.29) is 30.9 Å². The Kier molecular flexibility index (Phi) is 5.80. The third-order valence-corrected chi connectivity index (χ3v) is 4.28. The van der Waals surface area contributed by atoms with E-state index in [9.17, 15) is 9.59 Å². The first-order valence-electron chi connectivity index (χ1n) is 8.59. The molecule has 1 fully saturated rings. The molecular formula is C20H22N2O5. The van der Waals surface area contributed by atoms with Gasteiger partial charge in [-0.25, -0.2) is 0 Å². The minimum absolute atomic E-state index is 0.0374.